The normalized spacial score (nSPS) is 9.88. The lowest BCUT2D eigenvalue weighted by Gasteiger charge is -2.20. The van der Waals surface area contributed by atoms with Gasteiger partial charge in [-0.15, -0.1) is 6.58 Å². The summed E-state index contributed by atoms with van der Waals surface area (Å²) < 4.78 is 0. The first-order valence-electron chi connectivity index (χ1n) is 5.06. The molecule has 0 atom stereocenters. The highest BCUT2D eigenvalue weighted by molar-refractivity contribution is 6.34. The van der Waals surface area contributed by atoms with E-state index in [4.69, 9.17) is 17.3 Å². The second kappa shape index (κ2) is 5.56. The Labute approximate surface area is 100 Å². The molecule has 0 saturated carbocycles. The summed E-state index contributed by atoms with van der Waals surface area (Å²) in [6.45, 7) is 6.59. The number of nitrogen functional groups attached to an aromatic ring is 1. The van der Waals surface area contributed by atoms with E-state index in [-0.39, 0.29) is 5.91 Å². The summed E-state index contributed by atoms with van der Waals surface area (Å²) in [7, 11) is 0. The van der Waals surface area contributed by atoms with E-state index in [1.54, 1.807) is 29.2 Å². The molecule has 4 heteroatoms. The number of benzene rings is 1. The number of rotatable bonds is 4. The lowest BCUT2D eigenvalue weighted by molar-refractivity contribution is 0.0783. The van der Waals surface area contributed by atoms with Gasteiger partial charge >= 0.3 is 0 Å². The molecule has 2 N–H and O–H groups in total. The molecular weight excluding hydrogens is 224 g/mol. The Morgan fingerprint density at radius 2 is 2.31 bits per heavy atom. The quantitative estimate of drug-likeness (QED) is 0.647. The summed E-state index contributed by atoms with van der Waals surface area (Å²) in [4.78, 5) is 13.8. The fourth-order valence-electron chi connectivity index (χ4n) is 1.44. The number of carbonyl (C=O) groups is 1. The van der Waals surface area contributed by atoms with Crippen molar-refractivity contribution in [2.24, 2.45) is 0 Å². The van der Waals surface area contributed by atoms with Gasteiger partial charge in [-0.05, 0) is 19.1 Å². The number of hydrogen-bond donors (Lipinski definition) is 1. The summed E-state index contributed by atoms with van der Waals surface area (Å²) in [5.41, 5.74) is 6.52. The van der Waals surface area contributed by atoms with E-state index in [1.165, 1.54) is 0 Å². The van der Waals surface area contributed by atoms with Gasteiger partial charge in [-0.3, -0.25) is 4.79 Å². The van der Waals surface area contributed by atoms with E-state index in [1.807, 2.05) is 6.92 Å². The molecule has 0 unspecified atom stereocenters. The van der Waals surface area contributed by atoms with E-state index in [0.717, 1.165) is 0 Å². The highest BCUT2D eigenvalue weighted by atomic mass is 35.5. The maximum Gasteiger partial charge on any atom is 0.257 e. The lowest BCUT2D eigenvalue weighted by atomic mass is 10.1. The van der Waals surface area contributed by atoms with Gasteiger partial charge in [0.1, 0.15) is 0 Å². The van der Waals surface area contributed by atoms with Gasteiger partial charge in [0.25, 0.3) is 5.91 Å². The van der Waals surface area contributed by atoms with Crippen LogP contribution in [0.4, 0.5) is 5.69 Å². The van der Waals surface area contributed by atoms with Crippen LogP contribution in [0.15, 0.2) is 30.9 Å². The van der Waals surface area contributed by atoms with Gasteiger partial charge in [-0.1, -0.05) is 23.7 Å². The van der Waals surface area contributed by atoms with E-state index in [2.05, 4.69) is 6.58 Å². The predicted octanol–water partition coefficient (Wildman–Crippen LogP) is 2.57. The van der Waals surface area contributed by atoms with Gasteiger partial charge in [0, 0.05) is 18.8 Å². The lowest BCUT2D eigenvalue weighted by Crippen LogP contribution is -2.31. The zero-order valence-corrected chi connectivity index (χ0v) is 10.00. The van der Waals surface area contributed by atoms with Crippen LogP contribution >= 0.6 is 11.6 Å². The third kappa shape index (κ3) is 2.55. The fourth-order valence-corrected chi connectivity index (χ4v) is 1.70. The summed E-state index contributed by atoms with van der Waals surface area (Å²) in [5.74, 6) is -0.162. The molecule has 1 rings (SSSR count). The maximum atomic E-state index is 12.1. The molecule has 1 aromatic rings. The van der Waals surface area contributed by atoms with E-state index < -0.39 is 0 Å². The smallest absolute Gasteiger partial charge is 0.257 e. The standard InChI is InChI=1S/C12H15ClN2O/c1-3-8-15(4-2)12(16)11-9(13)6-5-7-10(11)14/h3,5-7H,1,4,8,14H2,2H3. The maximum absolute atomic E-state index is 12.1. The third-order valence-corrected chi connectivity index (χ3v) is 2.59. The van der Waals surface area contributed by atoms with Crippen molar-refractivity contribution < 1.29 is 4.79 Å². The molecule has 1 aromatic carbocycles. The Kier molecular flexibility index (Phi) is 4.38. The Hall–Kier alpha value is -1.48. The number of hydrogen-bond acceptors (Lipinski definition) is 2. The van der Waals surface area contributed by atoms with E-state index in [0.29, 0.717) is 29.4 Å². The van der Waals surface area contributed by atoms with Gasteiger partial charge in [0.15, 0.2) is 0 Å². The molecule has 0 radical (unpaired) electrons. The first-order valence-corrected chi connectivity index (χ1v) is 5.43. The van der Waals surface area contributed by atoms with Crippen LogP contribution in [0.25, 0.3) is 0 Å². The van der Waals surface area contributed by atoms with Crippen molar-refractivity contribution >= 4 is 23.2 Å². The first kappa shape index (κ1) is 12.6. The molecule has 0 fully saturated rings. The van der Waals surface area contributed by atoms with Crippen LogP contribution in [0.1, 0.15) is 17.3 Å². The Bertz CT molecular complexity index is 384. The Balaban J connectivity index is 3.07. The highest BCUT2D eigenvalue weighted by Gasteiger charge is 2.18. The van der Waals surface area contributed by atoms with Crippen LogP contribution < -0.4 is 5.73 Å². The van der Waals surface area contributed by atoms with Crippen molar-refractivity contribution in [1.29, 1.82) is 0 Å². The van der Waals surface area contributed by atoms with Gasteiger partial charge in [-0.25, -0.2) is 0 Å². The molecular formula is C12H15ClN2O. The van der Waals surface area contributed by atoms with Gasteiger partial charge in [-0.2, -0.15) is 0 Å². The second-order valence-electron chi connectivity index (χ2n) is 3.34. The van der Waals surface area contributed by atoms with Crippen LogP contribution in [-0.4, -0.2) is 23.9 Å². The summed E-state index contributed by atoms with van der Waals surface area (Å²) >= 11 is 5.97. The molecule has 0 spiro atoms. The number of halogens is 1. The summed E-state index contributed by atoms with van der Waals surface area (Å²) in [6.07, 6.45) is 1.68. The van der Waals surface area contributed by atoms with Crippen molar-refractivity contribution in [3.63, 3.8) is 0 Å². The molecule has 86 valence electrons. The number of likely N-dealkylation sites (N-methyl/N-ethyl adjacent to an activating group) is 1. The zero-order valence-electron chi connectivity index (χ0n) is 9.24. The topological polar surface area (TPSA) is 46.3 Å². The zero-order chi connectivity index (χ0) is 12.1. The van der Waals surface area contributed by atoms with Crippen molar-refractivity contribution in [1.82, 2.24) is 4.90 Å². The highest BCUT2D eigenvalue weighted by Crippen LogP contribution is 2.23. The number of amides is 1. The van der Waals surface area contributed by atoms with Crippen molar-refractivity contribution in [2.75, 3.05) is 18.8 Å². The van der Waals surface area contributed by atoms with Crippen LogP contribution in [0.5, 0.6) is 0 Å². The summed E-state index contributed by atoms with van der Waals surface area (Å²) in [6, 6.07) is 5.05. The molecule has 0 aliphatic rings. The molecule has 3 nitrogen and oxygen atoms in total. The van der Waals surface area contributed by atoms with Crippen LogP contribution in [0, 0.1) is 0 Å². The number of anilines is 1. The average molecular weight is 239 g/mol. The van der Waals surface area contributed by atoms with Crippen molar-refractivity contribution in [2.45, 2.75) is 6.92 Å². The minimum atomic E-state index is -0.162. The van der Waals surface area contributed by atoms with Gasteiger partial charge in [0.05, 0.1) is 10.6 Å². The van der Waals surface area contributed by atoms with Crippen molar-refractivity contribution in [3.05, 3.63) is 41.4 Å². The largest absolute Gasteiger partial charge is 0.398 e. The molecule has 0 aliphatic carbocycles. The van der Waals surface area contributed by atoms with Crippen LogP contribution in [-0.2, 0) is 0 Å². The SMILES string of the molecule is C=CCN(CC)C(=O)c1c(N)cccc1Cl. The number of nitrogens with two attached hydrogens (primary N) is 1. The monoisotopic (exact) mass is 238 g/mol. The van der Waals surface area contributed by atoms with Crippen LogP contribution in [0.3, 0.4) is 0 Å². The third-order valence-electron chi connectivity index (χ3n) is 2.28. The van der Waals surface area contributed by atoms with E-state index in [9.17, 15) is 4.79 Å². The molecule has 0 heterocycles. The Morgan fingerprint density at radius 3 is 2.81 bits per heavy atom. The van der Waals surface area contributed by atoms with E-state index >= 15 is 0 Å². The van der Waals surface area contributed by atoms with Gasteiger partial charge in [0.2, 0.25) is 0 Å². The number of nitrogens with zero attached hydrogens (tertiary/aromatic N) is 1. The van der Waals surface area contributed by atoms with Crippen LogP contribution in [0.2, 0.25) is 5.02 Å². The number of carbonyl (C=O) groups excluding carboxylic acids is 1. The second-order valence-corrected chi connectivity index (χ2v) is 3.74. The molecule has 0 bridgehead atoms. The minimum absolute atomic E-state index is 0.162. The average Bonchev–Trinajstić information content (AvgIpc) is 2.25. The molecule has 0 aliphatic heterocycles. The predicted molar refractivity (Wildman–Crippen MR) is 67.6 cm³/mol. The van der Waals surface area contributed by atoms with Gasteiger partial charge < -0.3 is 10.6 Å². The molecule has 16 heavy (non-hydrogen) atoms. The fraction of sp³-hybridized carbons (Fsp3) is 0.250. The Morgan fingerprint density at radius 1 is 1.62 bits per heavy atom. The summed E-state index contributed by atoms with van der Waals surface area (Å²) in [5, 5.41) is 0.382. The first-order chi connectivity index (χ1) is 7.61. The molecule has 0 aromatic heterocycles. The molecule has 0 saturated heterocycles. The molecule has 1 amide bonds. The minimum Gasteiger partial charge on any atom is -0.398 e. The van der Waals surface area contributed by atoms with Crippen molar-refractivity contribution in [3.8, 4) is 0 Å².